The third-order valence-electron chi connectivity index (χ3n) is 3.45. The van der Waals surface area contributed by atoms with E-state index in [0.717, 1.165) is 22.6 Å². The summed E-state index contributed by atoms with van der Waals surface area (Å²) in [6.07, 6.45) is 0.638. The van der Waals surface area contributed by atoms with Gasteiger partial charge in [0.15, 0.2) is 0 Å². The maximum Gasteiger partial charge on any atom is 0.326 e. The first-order valence-electron chi connectivity index (χ1n) is 6.47. The van der Waals surface area contributed by atoms with Crippen molar-refractivity contribution in [2.75, 3.05) is 13.6 Å². The number of nitrogens with one attached hydrogen (secondary N) is 1. The second kappa shape index (κ2) is 5.81. The van der Waals surface area contributed by atoms with E-state index in [-0.39, 0.29) is 6.10 Å². The quantitative estimate of drug-likeness (QED) is 0.864. The van der Waals surface area contributed by atoms with Crippen molar-refractivity contribution in [1.29, 1.82) is 0 Å². The number of rotatable bonds is 4. The van der Waals surface area contributed by atoms with E-state index in [1.807, 2.05) is 24.3 Å². The van der Waals surface area contributed by atoms with Gasteiger partial charge in [-0.25, -0.2) is 9.59 Å². The molecule has 1 aliphatic rings. The van der Waals surface area contributed by atoms with Gasteiger partial charge in [-0.2, -0.15) is 0 Å². The lowest BCUT2D eigenvalue weighted by Crippen LogP contribution is -2.47. The molecule has 0 fully saturated rings. The van der Waals surface area contributed by atoms with Crippen LogP contribution in [0.3, 0.4) is 0 Å². The average molecular weight is 278 g/mol. The van der Waals surface area contributed by atoms with Gasteiger partial charge in [-0.05, 0) is 18.6 Å². The number of likely N-dealkylation sites (N-methyl/N-ethyl adjacent to an activating group) is 1. The normalized spacial score (nSPS) is 17.8. The number of carboxylic acids is 1. The van der Waals surface area contributed by atoms with Crippen LogP contribution in [0.25, 0.3) is 0 Å². The number of benzene rings is 1. The highest BCUT2D eigenvalue weighted by molar-refractivity contribution is 5.82. The minimum atomic E-state index is -1.04. The van der Waals surface area contributed by atoms with Gasteiger partial charge >= 0.3 is 12.0 Å². The zero-order valence-electron chi connectivity index (χ0n) is 11.5. The number of urea groups is 1. The average Bonchev–Trinajstić information content (AvgIpc) is 2.85. The zero-order chi connectivity index (χ0) is 14.7. The van der Waals surface area contributed by atoms with Crippen molar-refractivity contribution >= 4 is 12.0 Å². The van der Waals surface area contributed by atoms with Gasteiger partial charge < -0.3 is 20.1 Å². The molecule has 2 unspecified atom stereocenters. The fourth-order valence-corrected chi connectivity index (χ4v) is 2.04. The maximum atomic E-state index is 11.8. The number of para-hydroxylation sites is 1. The summed E-state index contributed by atoms with van der Waals surface area (Å²) < 4.78 is 5.70. The van der Waals surface area contributed by atoms with E-state index in [1.54, 1.807) is 0 Å². The number of aliphatic carboxylic acids is 1. The highest BCUT2D eigenvalue weighted by Gasteiger charge is 2.25. The lowest BCUT2D eigenvalue weighted by molar-refractivity contribution is -0.141. The third-order valence-corrected chi connectivity index (χ3v) is 3.45. The molecular weight excluding hydrogens is 260 g/mol. The van der Waals surface area contributed by atoms with E-state index in [9.17, 15) is 9.59 Å². The van der Waals surface area contributed by atoms with Crippen LogP contribution in [0.1, 0.15) is 12.5 Å². The summed E-state index contributed by atoms with van der Waals surface area (Å²) in [7, 11) is 1.46. The van der Waals surface area contributed by atoms with Gasteiger partial charge in [0, 0.05) is 13.5 Å². The Morgan fingerprint density at radius 3 is 2.85 bits per heavy atom. The summed E-state index contributed by atoms with van der Waals surface area (Å²) >= 11 is 0. The largest absolute Gasteiger partial charge is 0.488 e. The van der Waals surface area contributed by atoms with Crippen LogP contribution >= 0.6 is 0 Å². The van der Waals surface area contributed by atoms with Crippen LogP contribution in [0, 0.1) is 0 Å². The minimum Gasteiger partial charge on any atom is -0.488 e. The molecule has 0 aliphatic carbocycles. The van der Waals surface area contributed by atoms with E-state index in [1.165, 1.54) is 14.0 Å². The second-order valence-electron chi connectivity index (χ2n) is 4.86. The summed E-state index contributed by atoms with van der Waals surface area (Å²) in [4.78, 5) is 23.8. The molecule has 1 aromatic rings. The Morgan fingerprint density at radius 2 is 2.20 bits per heavy atom. The second-order valence-corrected chi connectivity index (χ2v) is 4.86. The van der Waals surface area contributed by atoms with Crippen LogP contribution in [-0.2, 0) is 11.2 Å². The van der Waals surface area contributed by atoms with Gasteiger partial charge in [-0.3, -0.25) is 0 Å². The Bertz CT molecular complexity index is 493. The van der Waals surface area contributed by atoms with E-state index >= 15 is 0 Å². The molecule has 0 radical (unpaired) electrons. The van der Waals surface area contributed by atoms with Gasteiger partial charge in [-0.15, -0.1) is 0 Å². The summed E-state index contributed by atoms with van der Waals surface area (Å²) in [5, 5.41) is 11.5. The monoisotopic (exact) mass is 278 g/mol. The summed E-state index contributed by atoms with van der Waals surface area (Å²) in [6, 6.07) is 6.47. The molecule has 0 bridgehead atoms. The van der Waals surface area contributed by atoms with Crippen molar-refractivity contribution in [3.63, 3.8) is 0 Å². The molecule has 0 spiro atoms. The molecule has 1 aromatic carbocycles. The number of hydrogen-bond acceptors (Lipinski definition) is 3. The lowest BCUT2D eigenvalue weighted by atomic mass is 10.1. The standard InChI is InChI=1S/C14H18N2O4/c1-9(13(17)18)16(2)14(19)15-8-11-7-10-5-3-4-6-12(10)20-11/h3-6,9,11H,7-8H2,1-2H3,(H,15,19)(H,17,18). The summed E-state index contributed by atoms with van der Waals surface area (Å²) in [5.74, 6) is -0.189. The highest BCUT2D eigenvalue weighted by Crippen LogP contribution is 2.27. The molecular formula is C14H18N2O4. The number of fused-ring (bicyclic) bond motifs is 1. The maximum absolute atomic E-state index is 11.8. The zero-order valence-corrected chi connectivity index (χ0v) is 11.5. The number of amides is 2. The van der Waals surface area contributed by atoms with Gasteiger partial charge in [-0.1, -0.05) is 18.2 Å². The number of nitrogens with zero attached hydrogens (tertiary/aromatic N) is 1. The van der Waals surface area contributed by atoms with Gasteiger partial charge in [0.05, 0.1) is 6.54 Å². The molecule has 0 saturated heterocycles. The number of carbonyl (C=O) groups excluding carboxylic acids is 1. The predicted molar refractivity (Wildman–Crippen MR) is 72.8 cm³/mol. The predicted octanol–water partition coefficient (Wildman–Crippen LogP) is 1.10. The van der Waals surface area contributed by atoms with Crippen LogP contribution in [0.15, 0.2) is 24.3 Å². The Hall–Kier alpha value is -2.24. The molecule has 1 heterocycles. The summed E-state index contributed by atoms with van der Waals surface area (Å²) in [6.45, 7) is 1.81. The van der Waals surface area contributed by atoms with Crippen LogP contribution in [0.4, 0.5) is 4.79 Å². The fourth-order valence-electron chi connectivity index (χ4n) is 2.04. The van der Waals surface area contributed by atoms with Gasteiger partial charge in [0.1, 0.15) is 17.9 Å². The van der Waals surface area contributed by atoms with Crippen molar-refractivity contribution in [2.24, 2.45) is 0 Å². The first-order chi connectivity index (χ1) is 9.49. The number of carboxylic acid groups (broad SMARTS) is 1. The van der Waals surface area contributed by atoms with Gasteiger partial charge in [0.2, 0.25) is 0 Å². The highest BCUT2D eigenvalue weighted by atomic mass is 16.5. The Balaban J connectivity index is 1.82. The van der Waals surface area contributed by atoms with E-state index in [2.05, 4.69) is 5.32 Å². The van der Waals surface area contributed by atoms with E-state index in [0.29, 0.717) is 6.54 Å². The minimum absolute atomic E-state index is 0.107. The molecule has 20 heavy (non-hydrogen) atoms. The molecule has 6 heteroatoms. The molecule has 6 nitrogen and oxygen atoms in total. The van der Waals surface area contributed by atoms with Crippen LogP contribution in [0.5, 0.6) is 5.75 Å². The first-order valence-corrected chi connectivity index (χ1v) is 6.47. The fraction of sp³-hybridized carbons (Fsp3) is 0.429. The number of ether oxygens (including phenoxy) is 1. The number of carbonyl (C=O) groups is 2. The molecule has 2 N–H and O–H groups in total. The van der Waals surface area contributed by atoms with E-state index < -0.39 is 18.0 Å². The Kier molecular flexibility index (Phi) is 4.12. The molecule has 2 rings (SSSR count). The van der Waals surface area contributed by atoms with Crippen molar-refractivity contribution in [2.45, 2.75) is 25.5 Å². The first kappa shape index (κ1) is 14.2. The molecule has 1 aliphatic heterocycles. The molecule has 2 amide bonds. The smallest absolute Gasteiger partial charge is 0.326 e. The molecule has 2 atom stereocenters. The number of hydrogen-bond donors (Lipinski definition) is 2. The Morgan fingerprint density at radius 1 is 1.50 bits per heavy atom. The molecule has 0 aromatic heterocycles. The van der Waals surface area contributed by atoms with Gasteiger partial charge in [0.25, 0.3) is 0 Å². The van der Waals surface area contributed by atoms with Crippen molar-refractivity contribution in [3.8, 4) is 5.75 Å². The van der Waals surface area contributed by atoms with Crippen LogP contribution in [0.2, 0.25) is 0 Å². The molecule has 0 saturated carbocycles. The Labute approximate surface area is 117 Å². The summed E-state index contributed by atoms with van der Waals surface area (Å²) in [5.41, 5.74) is 1.12. The van der Waals surface area contributed by atoms with Crippen LogP contribution < -0.4 is 10.1 Å². The third kappa shape index (κ3) is 3.01. The SMILES string of the molecule is CC(C(=O)O)N(C)C(=O)NCC1Cc2ccccc2O1. The van der Waals surface area contributed by atoms with Crippen molar-refractivity contribution < 1.29 is 19.4 Å². The van der Waals surface area contributed by atoms with Crippen LogP contribution in [-0.4, -0.2) is 47.7 Å². The topological polar surface area (TPSA) is 78.9 Å². The lowest BCUT2D eigenvalue weighted by Gasteiger charge is -2.22. The van der Waals surface area contributed by atoms with Crippen molar-refractivity contribution in [3.05, 3.63) is 29.8 Å². The molecule has 108 valence electrons. The van der Waals surface area contributed by atoms with E-state index in [4.69, 9.17) is 9.84 Å². The van der Waals surface area contributed by atoms with Crippen molar-refractivity contribution in [1.82, 2.24) is 10.2 Å².